The van der Waals surface area contributed by atoms with Crippen LogP contribution in [-0.4, -0.2) is 98.3 Å². The van der Waals surface area contributed by atoms with Crippen molar-refractivity contribution < 1.29 is 63.1 Å². The molecule has 1 aliphatic rings. The van der Waals surface area contributed by atoms with E-state index in [9.17, 15) is 44.6 Å². The zero-order chi connectivity index (χ0) is 47.8. The molecule has 0 aromatic heterocycles. The van der Waals surface area contributed by atoms with Gasteiger partial charge in [0.25, 0.3) is 0 Å². The van der Waals surface area contributed by atoms with E-state index in [1.807, 2.05) is 0 Å². The normalized spacial score (nSPS) is 21.4. The van der Waals surface area contributed by atoms with Crippen molar-refractivity contribution in [3.63, 3.8) is 0 Å². The molecule has 0 heterocycles. The lowest BCUT2D eigenvalue weighted by atomic mass is 9.85. The summed E-state index contributed by atoms with van der Waals surface area (Å²) in [4.78, 5) is 35.8. The summed E-state index contributed by atoms with van der Waals surface area (Å²) in [5.41, 5.74) is 0. The van der Waals surface area contributed by atoms with E-state index >= 15 is 0 Å². The number of unbranched alkanes of at least 4 members (excludes halogenated alkanes) is 31. The summed E-state index contributed by atoms with van der Waals surface area (Å²) in [7, 11) is -5.12. The van der Waals surface area contributed by atoms with Gasteiger partial charge in [0.2, 0.25) is 0 Å². The second-order valence-corrected chi connectivity index (χ2v) is 20.1. The van der Waals surface area contributed by atoms with Crippen LogP contribution in [0.4, 0.5) is 0 Å². The Morgan fingerprint density at radius 2 is 0.785 bits per heavy atom. The lowest BCUT2D eigenvalue weighted by Crippen LogP contribution is -2.64. The van der Waals surface area contributed by atoms with E-state index in [4.69, 9.17) is 18.5 Å². The maximum Gasteiger partial charge on any atom is 0.472 e. The summed E-state index contributed by atoms with van der Waals surface area (Å²) < 4.78 is 33.6. The Labute approximate surface area is 394 Å². The third-order valence-corrected chi connectivity index (χ3v) is 13.6. The maximum absolute atomic E-state index is 12.8. The van der Waals surface area contributed by atoms with Gasteiger partial charge in [-0.15, -0.1) is 0 Å². The fourth-order valence-corrected chi connectivity index (χ4v) is 9.32. The predicted octanol–water partition coefficient (Wildman–Crippen LogP) is 11.4. The number of carbonyl (C=O) groups excluding carboxylic acids is 2. The van der Waals surface area contributed by atoms with Crippen LogP contribution in [0.25, 0.3) is 0 Å². The molecule has 0 saturated heterocycles. The highest BCUT2D eigenvalue weighted by atomic mass is 31.2. The molecule has 0 radical (unpaired) electrons. The minimum absolute atomic E-state index is 0.0910. The topological polar surface area (TPSA) is 210 Å². The van der Waals surface area contributed by atoms with Crippen LogP contribution in [0.2, 0.25) is 0 Å². The number of esters is 2. The Hall–Kier alpha value is -1.41. The van der Waals surface area contributed by atoms with Crippen molar-refractivity contribution in [2.75, 3.05) is 13.2 Å². The number of rotatable bonds is 45. The largest absolute Gasteiger partial charge is 0.472 e. The van der Waals surface area contributed by atoms with E-state index in [0.29, 0.717) is 12.8 Å². The monoisotopic (exact) mass is 949 g/mol. The summed E-state index contributed by atoms with van der Waals surface area (Å²) >= 11 is 0. The molecule has 1 aliphatic carbocycles. The van der Waals surface area contributed by atoms with Crippen molar-refractivity contribution in [2.45, 2.75) is 288 Å². The molecule has 1 rings (SSSR count). The van der Waals surface area contributed by atoms with Gasteiger partial charge in [-0.2, -0.15) is 0 Å². The first-order valence-electron chi connectivity index (χ1n) is 26.5. The third kappa shape index (κ3) is 33.7. The van der Waals surface area contributed by atoms with Crippen molar-refractivity contribution in [1.29, 1.82) is 0 Å². The minimum atomic E-state index is -5.12. The van der Waals surface area contributed by atoms with Gasteiger partial charge in [0.05, 0.1) is 6.61 Å². The molecular weight excluding hydrogens is 852 g/mol. The second kappa shape index (κ2) is 41.6. The van der Waals surface area contributed by atoms with Crippen molar-refractivity contribution in [3.8, 4) is 0 Å². The van der Waals surface area contributed by atoms with Gasteiger partial charge in [0.1, 0.15) is 43.2 Å². The van der Waals surface area contributed by atoms with Crippen molar-refractivity contribution in [2.24, 2.45) is 0 Å². The molecule has 6 N–H and O–H groups in total. The molecular formula is C51H97O13P. The Balaban J connectivity index is 2.34. The molecule has 65 heavy (non-hydrogen) atoms. The Kier molecular flexibility index (Phi) is 39.4. The second-order valence-electron chi connectivity index (χ2n) is 18.7. The standard InChI is InChI=1S/C51H97O13P/c1-3-5-7-9-11-13-15-17-19-20-21-22-23-24-25-26-28-29-31-33-35-37-39-44(52)61-41-43(42-62-65(59,60)64-51-49(57)47(55)46(54)48(56)50(51)58)63-45(53)40-38-36-34-32-30-27-18-16-14-12-10-8-6-4-2/h16,18,43,46-51,54-58H,3-15,17,19-42H2,1-2H3,(H,59,60)/b18-16-. The first-order chi connectivity index (χ1) is 31.4. The molecule has 0 aliphatic heterocycles. The molecule has 0 spiro atoms. The smallest absolute Gasteiger partial charge is 0.462 e. The van der Waals surface area contributed by atoms with Crippen LogP contribution in [0.5, 0.6) is 0 Å². The fourth-order valence-electron chi connectivity index (χ4n) is 8.34. The van der Waals surface area contributed by atoms with Crippen LogP contribution in [0, 0.1) is 0 Å². The zero-order valence-electron chi connectivity index (χ0n) is 41.1. The lowest BCUT2D eigenvalue weighted by Gasteiger charge is -2.41. The Bertz CT molecular complexity index is 1190. The molecule has 14 heteroatoms. The summed E-state index contributed by atoms with van der Waals surface area (Å²) in [6, 6.07) is 0. The first-order valence-corrected chi connectivity index (χ1v) is 28.0. The Morgan fingerprint density at radius 1 is 0.462 bits per heavy atom. The number of phosphoric ester groups is 1. The Morgan fingerprint density at radius 3 is 1.17 bits per heavy atom. The van der Waals surface area contributed by atoms with Gasteiger partial charge in [-0.05, 0) is 38.5 Å². The zero-order valence-corrected chi connectivity index (χ0v) is 41.9. The average Bonchev–Trinajstić information content (AvgIpc) is 3.29. The number of aliphatic hydroxyl groups is 5. The van der Waals surface area contributed by atoms with Crippen molar-refractivity contribution >= 4 is 19.8 Å². The van der Waals surface area contributed by atoms with Crippen LogP contribution in [0.1, 0.15) is 245 Å². The first kappa shape index (κ1) is 61.6. The summed E-state index contributed by atoms with van der Waals surface area (Å²) in [5.74, 6) is -1.09. The molecule has 0 aromatic carbocycles. The quantitative estimate of drug-likeness (QED) is 0.0145. The molecule has 1 saturated carbocycles. The van der Waals surface area contributed by atoms with E-state index in [-0.39, 0.29) is 12.8 Å². The number of aliphatic hydroxyl groups excluding tert-OH is 5. The van der Waals surface area contributed by atoms with E-state index in [1.54, 1.807) is 0 Å². The van der Waals surface area contributed by atoms with Gasteiger partial charge in [0, 0.05) is 12.8 Å². The van der Waals surface area contributed by atoms with Crippen molar-refractivity contribution in [3.05, 3.63) is 12.2 Å². The van der Waals surface area contributed by atoms with Crippen LogP contribution in [0.15, 0.2) is 12.2 Å². The van der Waals surface area contributed by atoms with Crippen molar-refractivity contribution in [1.82, 2.24) is 0 Å². The van der Waals surface area contributed by atoms with E-state index in [2.05, 4.69) is 26.0 Å². The highest BCUT2D eigenvalue weighted by Crippen LogP contribution is 2.47. The number of hydrogen-bond acceptors (Lipinski definition) is 12. The SMILES string of the molecule is CCCCCCC/C=C\CCCCCCCC(=O)OC(COC(=O)CCCCCCCCCCCCCCCCCCCCCCCC)COP(=O)(O)OC1C(O)C(O)C(O)C(O)C1O. The minimum Gasteiger partial charge on any atom is -0.462 e. The molecule has 6 atom stereocenters. The number of allylic oxidation sites excluding steroid dienone is 2. The van der Waals surface area contributed by atoms with Gasteiger partial charge >= 0.3 is 19.8 Å². The molecule has 0 bridgehead atoms. The van der Waals surface area contributed by atoms with E-state index < -0.39 is 75.7 Å². The number of carbonyl (C=O) groups is 2. The summed E-state index contributed by atoms with van der Waals surface area (Å²) in [6.45, 7) is 3.32. The van der Waals surface area contributed by atoms with Crippen LogP contribution < -0.4 is 0 Å². The fraction of sp³-hybridized carbons (Fsp3) is 0.922. The summed E-state index contributed by atoms with van der Waals surface area (Å²) in [5, 5.41) is 50.2. The van der Waals surface area contributed by atoms with E-state index in [0.717, 1.165) is 57.8 Å². The molecule has 0 amide bonds. The van der Waals surface area contributed by atoms with Gasteiger partial charge in [-0.1, -0.05) is 206 Å². The summed E-state index contributed by atoms with van der Waals surface area (Å²) in [6.07, 6.45) is 32.7. The highest BCUT2D eigenvalue weighted by Gasteiger charge is 2.51. The molecule has 1 fully saturated rings. The van der Waals surface area contributed by atoms with Gasteiger partial charge in [0.15, 0.2) is 6.10 Å². The number of phosphoric acid groups is 1. The van der Waals surface area contributed by atoms with Gasteiger partial charge in [-0.25, -0.2) is 4.57 Å². The van der Waals surface area contributed by atoms with Crippen LogP contribution in [-0.2, 0) is 32.7 Å². The number of hydrogen-bond donors (Lipinski definition) is 6. The molecule has 384 valence electrons. The third-order valence-electron chi connectivity index (χ3n) is 12.6. The molecule has 13 nitrogen and oxygen atoms in total. The lowest BCUT2D eigenvalue weighted by molar-refractivity contribution is -0.220. The van der Waals surface area contributed by atoms with Gasteiger partial charge in [-0.3, -0.25) is 18.6 Å². The maximum atomic E-state index is 12.8. The van der Waals surface area contributed by atoms with Gasteiger partial charge < -0.3 is 39.9 Å². The van der Waals surface area contributed by atoms with Crippen LogP contribution in [0.3, 0.4) is 0 Å². The number of ether oxygens (including phenoxy) is 2. The van der Waals surface area contributed by atoms with E-state index in [1.165, 1.54) is 148 Å². The average molecular weight is 949 g/mol. The molecule has 0 aromatic rings. The highest BCUT2D eigenvalue weighted by molar-refractivity contribution is 7.47. The van der Waals surface area contributed by atoms with Crippen LogP contribution >= 0.6 is 7.82 Å². The predicted molar refractivity (Wildman–Crippen MR) is 258 cm³/mol. The molecule has 6 unspecified atom stereocenters.